The molecule has 6 heteroatoms. The summed E-state index contributed by atoms with van der Waals surface area (Å²) in [4.78, 5) is 23.7. The van der Waals surface area contributed by atoms with Crippen molar-refractivity contribution in [3.63, 3.8) is 0 Å². The maximum atomic E-state index is 11.7. The van der Waals surface area contributed by atoms with Crippen molar-refractivity contribution in [1.29, 1.82) is 5.26 Å². The third-order valence-electron chi connectivity index (χ3n) is 2.94. The van der Waals surface area contributed by atoms with Crippen LogP contribution in [-0.2, 0) is 22.4 Å². The molecule has 100 valence electrons. The molecule has 0 fully saturated rings. The molecule has 2 rings (SSSR count). The second kappa shape index (κ2) is 6.22. The second-order valence-corrected chi connectivity index (χ2v) is 6.61. The Morgan fingerprint density at radius 1 is 1.42 bits per heavy atom. The summed E-state index contributed by atoms with van der Waals surface area (Å²) in [6.07, 6.45) is 4.16. The van der Waals surface area contributed by atoms with Gasteiger partial charge in [0, 0.05) is 11.8 Å². The molecule has 1 heterocycles. The lowest BCUT2D eigenvalue weighted by Crippen LogP contribution is -2.14. The topological polar surface area (TPSA) is 70.0 Å². The van der Waals surface area contributed by atoms with Gasteiger partial charge >= 0.3 is 0 Å². The average molecular weight is 294 g/mol. The molecule has 1 amide bonds. The number of hydrogen-bond acceptors (Lipinski definition) is 5. The number of nitriles is 1. The highest BCUT2D eigenvalue weighted by atomic mass is 32.2. The minimum Gasteiger partial charge on any atom is -0.316 e. The molecule has 1 aliphatic rings. The van der Waals surface area contributed by atoms with Gasteiger partial charge in [-0.2, -0.15) is 5.26 Å². The van der Waals surface area contributed by atoms with E-state index in [1.54, 1.807) is 0 Å². The van der Waals surface area contributed by atoms with Crippen molar-refractivity contribution in [2.24, 2.45) is 0 Å². The molecule has 0 atom stereocenters. The molecule has 0 unspecified atom stereocenters. The lowest BCUT2D eigenvalue weighted by molar-refractivity contribution is -0.114. The highest BCUT2D eigenvalue weighted by Crippen LogP contribution is 2.37. The van der Waals surface area contributed by atoms with Gasteiger partial charge in [-0.05, 0) is 31.2 Å². The monoisotopic (exact) mass is 294 g/mol. The zero-order valence-electron chi connectivity index (χ0n) is 10.6. The predicted octanol–water partition coefficient (Wildman–Crippen LogP) is 2.72. The Hall–Kier alpha value is -1.32. The predicted molar refractivity (Wildman–Crippen MR) is 77.4 cm³/mol. The van der Waals surface area contributed by atoms with E-state index >= 15 is 0 Å². The van der Waals surface area contributed by atoms with Gasteiger partial charge in [0.1, 0.15) is 11.1 Å². The first kappa shape index (κ1) is 14.1. The molecule has 0 bridgehead atoms. The Kier molecular flexibility index (Phi) is 4.61. The number of nitrogens with zero attached hydrogens (tertiary/aromatic N) is 1. The summed E-state index contributed by atoms with van der Waals surface area (Å²) in [7, 11) is 0. The van der Waals surface area contributed by atoms with E-state index in [9.17, 15) is 14.9 Å². The summed E-state index contributed by atoms with van der Waals surface area (Å²) in [5, 5.41) is 12.6. The van der Waals surface area contributed by atoms with E-state index in [-0.39, 0.29) is 16.8 Å². The first-order valence-corrected chi connectivity index (χ1v) is 7.90. The molecule has 0 saturated carbocycles. The number of carbonyl (C=O) groups is 2. The molecule has 1 N–H and O–H groups in total. The Morgan fingerprint density at radius 2 is 2.16 bits per heavy atom. The van der Waals surface area contributed by atoms with Crippen LogP contribution in [0.5, 0.6) is 0 Å². The number of thioether (sulfide) groups is 1. The fourth-order valence-corrected chi connectivity index (χ4v) is 3.76. The van der Waals surface area contributed by atoms with Crippen LogP contribution in [0.3, 0.4) is 0 Å². The van der Waals surface area contributed by atoms with Crippen molar-refractivity contribution in [2.75, 3.05) is 11.1 Å². The smallest absolute Gasteiger partial charge is 0.235 e. The molecule has 0 spiro atoms. The Labute approximate surface area is 120 Å². The van der Waals surface area contributed by atoms with Crippen molar-refractivity contribution >= 4 is 39.1 Å². The third kappa shape index (κ3) is 3.37. The molecule has 1 aromatic rings. The number of hydrogen-bond donors (Lipinski definition) is 1. The minimum absolute atomic E-state index is 0.0823. The lowest BCUT2D eigenvalue weighted by atomic mass is 9.96. The van der Waals surface area contributed by atoms with Crippen LogP contribution < -0.4 is 5.32 Å². The molecule has 4 nitrogen and oxygen atoms in total. The van der Waals surface area contributed by atoms with Crippen molar-refractivity contribution in [3.8, 4) is 6.07 Å². The van der Waals surface area contributed by atoms with Gasteiger partial charge in [-0.1, -0.05) is 11.8 Å². The first-order chi connectivity index (χ1) is 9.11. The number of fused-ring (bicyclic) bond motifs is 1. The Balaban J connectivity index is 2.12. The number of carbonyl (C=O) groups excluding carboxylic acids is 2. The number of rotatable bonds is 3. The summed E-state index contributed by atoms with van der Waals surface area (Å²) in [6.45, 7) is 1.43. The van der Waals surface area contributed by atoms with Crippen LogP contribution in [0, 0.1) is 11.3 Å². The maximum Gasteiger partial charge on any atom is 0.235 e. The van der Waals surface area contributed by atoms with Gasteiger partial charge in [0.25, 0.3) is 0 Å². The van der Waals surface area contributed by atoms with Crippen molar-refractivity contribution in [1.82, 2.24) is 0 Å². The molecular weight excluding hydrogens is 280 g/mol. The van der Waals surface area contributed by atoms with Gasteiger partial charge in [0.05, 0.1) is 11.3 Å². The van der Waals surface area contributed by atoms with Crippen molar-refractivity contribution in [2.45, 2.75) is 32.6 Å². The molecule has 0 aromatic carbocycles. The quantitative estimate of drug-likeness (QED) is 0.930. The van der Waals surface area contributed by atoms with Crippen LogP contribution in [0.25, 0.3) is 0 Å². The lowest BCUT2D eigenvalue weighted by Gasteiger charge is -2.09. The summed E-state index contributed by atoms with van der Waals surface area (Å²) in [5.74, 6) is -0.127. The number of anilines is 1. The van der Waals surface area contributed by atoms with Gasteiger partial charge in [0.2, 0.25) is 5.91 Å². The zero-order chi connectivity index (χ0) is 13.8. The number of aryl methyl sites for hydroxylation is 1. The largest absolute Gasteiger partial charge is 0.316 e. The summed E-state index contributed by atoms with van der Waals surface area (Å²) >= 11 is 2.48. The summed E-state index contributed by atoms with van der Waals surface area (Å²) < 4.78 is 0. The van der Waals surface area contributed by atoms with Gasteiger partial charge in [-0.15, -0.1) is 11.3 Å². The van der Waals surface area contributed by atoms with Gasteiger partial charge < -0.3 is 5.32 Å². The van der Waals surface area contributed by atoms with Gasteiger partial charge in [-0.25, -0.2) is 0 Å². The SMILES string of the molecule is CC(=O)SCC(=O)Nc1sc2c(c1C#N)CCCC2. The molecule has 0 aliphatic heterocycles. The Bertz CT molecular complexity index is 558. The van der Waals surface area contributed by atoms with E-state index in [1.807, 2.05) is 0 Å². The minimum atomic E-state index is -0.227. The second-order valence-electron chi connectivity index (χ2n) is 4.36. The summed E-state index contributed by atoms with van der Waals surface area (Å²) in [6, 6.07) is 2.20. The zero-order valence-corrected chi connectivity index (χ0v) is 12.2. The highest BCUT2D eigenvalue weighted by molar-refractivity contribution is 8.14. The van der Waals surface area contributed by atoms with E-state index in [0.717, 1.165) is 43.0 Å². The van der Waals surface area contributed by atoms with Crippen molar-refractivity contribution < 1.29 is 9.59 Å². The van der Waals surface area contributed by atoms with Crippen LogP contribution >= 0.6 is 23.1 Å². The van der Waals surface area contributed by atoms with E-state index < -0.39 is 0 Å². The molecule has 19 heavy (non-hydrogen) atoms. The summed E-state index contributed by atoms with van der Waals surface area (Å²) in [5.41, 5.74) is 1.72. The molecular formula is C13H14N2O2S2. The normalized spacial score (nSPS) is 13.5. The van der Waals surface area contributed by atoms with Crippen LogP contribution in [0.4, 0.5) is 5.00 Å². The average Bonchev–Trinajstić information content (AvgIpc) is 2.73. The molecule has 1 aliphatic carbocycles. The van der Waals surface area contributed by atoms with Crippen LogP contribution in [-0.4, -0.2) is 16.8 Å². The van der Waals surface area contributed by atoms with Gasteiger partial charge in [-0.3, -0.25) is 9.59 Å². The highest BCUT2D eigenvalue weighted by Gasteiger charge is 2.21. The molecule has 1 aromatic heterocycles. The number of nitrogens with one attached hydrogen (secondary N) is 1. The van der Waals surface area contributed by atoms with E-state index in [2.05, 4.69) is 11.4 Å². The standard InChI is InChI=1S/C13H14N2O2S2/c1-8(16)18-7-12(17)15-13-10(6-14)9-4-2-3-5-11(9)19-13/h2-5,7H2,1H3,(H,15,17). The molecule has 0 radical (unpaired) electrons. The number of amides is 1. The van der Waals surface area contributed by atoms with Gasteiger partial charge in [0.15, 0.2) is 5.12 Å². The number of thiophene rings is 1. The molecule has 0 saturated heterocycles. The fraction of sp³-hybridized carbons (Fsp3) is 0.462. The van der Waals surface area contributed by atoms with Crippen LogP contribution in [0.1, 0.15) is 35.8 Å². The van der Waals surface area contributed by atoms with E-state index in [4.69, 9.17) is 0 Å². The van der Waals surface area contributed by atoms with E-state index in [0.29, 0.717) is 10.6 Å². The van der Waals surface area contributed by atoms with E-state index in [1.165, 1.54) is 23.1 Å². The fourth-order valence-electron chi connectivity index (χ4n) is 2.10. The Morgan fingerprint density at radius 3 is 2.84 bits per heavy atom. The third-order valence-corrected chi connectivity index (χ3v) is 4.96. The maximum absolute atomic E-state index is 11.7. The first-order valence-electron chi connectivity index (χ1n) is 6.09. The van der Waals surface area contributed by atoms with Crippen LogP contribution in [0.2, 0.25) is 0 Å². The van der Waals surface area contributed by atoms with Crippen LogP contribution in [0.15, 0.2) is 0 Å². The van der Waals surface area contributed by atoms with Crippen molar-refractivity contribution in [3.05, 3.63) is 16.0 Å².